The number of carboxylic acids is 2. The van der Waals surface area contributed by atoms with Crippen LogP contribution in [-0.2, 0) is 24.0 Å². The molecule has 32 heavy (non-hydrogen) atoms. The first-order valence-corrected chi connectivity index (χ1v) is 10.5. The van der Waals surface area contributed by atoms with Gasteiger partial charge in [0.25, 0.3) is 0 Å². The van der Waals surface area contributed by atoms with E-state index in [-0.39, 0.29) is 18.3 Å². The molecule has 0 heterocycles. The maximum Gasteiger partial charge on any atom is 0.326 e. The second kappa shape index (κ2) is 13.6. The van der Waals surface area contributed by atoms with Gasteiger partial charge in [0.1, 0.15) is 24.2 Å². The van der Waals surface area contributed by atoms with Gasteiger partial charge in [0.2, 0.25) is 17.7 Å². The molecule has 0 fully saturated rings. The van der Waals surface area contributed by atoms with Crippen LogP contribution in [0.15, 0.2) is 0 Å². The van der Waals surface area contributed by atoms with Crippen LogP contribution >= 0.6 is 0 Å². The smallest absolute Gasteiger partial charge is 0.326 e. The van der Waals surface area contributed by atoms with Crippen LogP contribution in [0, 0.1) is 11.8 Å². The third kappa shape index (κ3) is 10.1. The summed E-state index contributed by atoms with van der Waals surface area (Å²) >= 11 is 0. The number of carbonyl (C=O) groups is 5. The minimum absolute atomic E-state index is 0.0749. The molecular weight excluding hydrogens is 424 g/mol. The standard InChI is InChI=1S/C20H36N4O8/c1-6-10(4)16(24-18(29)15(21)11(5)25)19(30)22-12(7-9(2)3)17(28)23-13(20(31)32)8-14(26)27/h9-13,15-16,25H,6-8,21H2,1-5H3,(H,22,30)(H,23,28)(H,24,29)(H,26,27)(H,31,32). The average molecular weight is 461 g/mol. The highest BCUT2D eigenvalue weighted by molar-refractivity contribution is 5.94. The van der Waals surface area contributed by atoms with Crippen LogP contribution in [-0.4, -0.2) is 75.3 Å². The van der Waals surface area contributed by atoms with E-state index in [1.807, 2.05) is 0 Å². The Bertz CT molecular complexity index is 683. The molecular formula is C20H36N4O8. The molecule has 0 aliphatic carbocycles. The lowest BCUT2D eigenvalue weighted by Crippen LogP contribution is -2.59. The van der Waals surface area contributed by atoms with Gasteiger partial charge in [-0.05, 0) is 25.2 Å². The zero-order valence-electron chi connectivity index (χ0n) is 19.1. The van der Waals surface area contributed by atoms with Gasteiger partial charge in [-0.1, -0.05) is 34.1 Å². The van der Waals surface area contributed by atoms with Crippen molar-refractivity contribution in [1.82, 2.24) is 16.0 Å². The number of aliphatic hydroxyl groups excluding tert-OH is 1. The van der Waals surface area contributed by atoms with Gasteiger partial charge in [0, 0.05) is 0 Å². The van der Waals surface area contributed by atoms with Crippen molar-refractivity contribution in [2.75, 3.05) is 0 Å². The van der Waals surface area contributed by atoms with E-state index in [0.29, 0.717) is 6.42 Å². The van der Waals surface area contributed by atoms with Crippen LogP contribution in [0.25, 0.3) is 0 Å². The van der Waals surface area contributed by atoms with Gasteiger partial charge in [-0.15, -0.1) is 0 Å². The number of carbonyl (C=O) groups excluding carboxylic acids is 3. The quantitative estimate of drug-likeness (QED) is 0.166. The molecule has 0 spiro atoms. The Labute approximate surface area is 187 Å². The molecule has 0 aliphatic rings. The first-order chi connectivity index (χ1) is 14.7. The van der Waals surface area contributed by atoms with Crippen molar-refractivity contribution in [3.8, 4) is 0 Å². The summed E-state index contributed by atoms with van der Waals surface area (Å²) in [7, 11) is 0. The summed E-state index contributed by atoms with van der Waals surface area (Å²) in [6.07, 6.45) is -1.32. The number of aliphatic hydroxyl groups is 1. The molecule has 0 aromatic heterocycles. The van der Waals surface area contributed by atoms with Crippen molar-refractivity contribution in [3.63, 3.8) is 0 Å². The molecule has 0 rings (SSSR count). The van der Waals surface area contributed by atoms with E-state index >= 15 is 0 Å². The first-order valence-electron chi connectivity index (χ1n) is 10.5. The summed E-state index contributed by atoms with van der Waals surface area (Å²) < 4.78 is 0. The van der Waals surface area contributed by atoms with Gasteiger partial charge < -0.3 is 37.0 Å². The molecule has 0 aromatic carbocycles. The largest absolute Gasteiger partial charge is 0.481 e. The van der Waals surface area contributed by atoms with Crippen LogP contribution < -0.4 is 21.7 Å². The Balaban J connectivity index is 5.59. The lowest BCUT2D eigenvalue weighted by atomic mass is 9.96. The molecule has 0 aliphatic heterocycles. The highest BCUT2D eigenvalue weighted by atomic mass is 16.4. The Morgan fingerprint density at radius 3 is 1.78 bits per heavy atom. The second-order valence-corrected chi connectivity index (χ2v) is 8.33. The van der Waals surface area contributed by atoms with Crippen molar-refractivity contribution >= 4 is 29.7 Å². The van der Waals surface area contributed by atoms with Gasteiger partial charge in [-0.25, -0.2) is 4.79 Å². The molecule has 0 saturated heterocycles. The Hall–Kier alpha value is -2.73. The summed E-state index contributed by atoms with van der Waals surface area (Å²) in [5.41, 5.74) is 5.63. The Morgan fingerprint density at radius 2 is 1.38 bits per heavy atom. The van der Waals surface area contributed by atoms with E-state index < -0.39 is 66.4 Å². The zero-order valence-corrected chi connectivity index (χ0v) is 19.1. The second-order valence-electron chi connectivity index (χ2n) is 8.33. The van der Waals surface area contributed by atoms with Gasteiger partial charge in [-0.2, -0.15) is 0 Å². The fraction of sp³-hybridized carbons (Fsp3) is 0.750. The van der Waals surface area contributed by atoms with E-state index in [4.69, 9.17) is 15.9 Å². The molecule has 12 nitrogen and oxygen atoms in total. The van der Waals surface area contributed by atoms with Crippen molar-refractivity contribution in [2.45, 2.75) is 84.2 Å². The Morgan fingerprint density at radius 1 is 0.844 bits per heavy atom. The maximum absolute atomic E-state index is 12.9. The molecule has 3 amide bonds. The number of nitrogens with one attached hydrogen (secondary N) is 3. The Kier molecular flexibility index (Phi) is 12.5. The fourth-order valence-electron chi connectivity index (χ4n) is 2.78. The van der Waals surface area contributed by atoms with Crippen LogP contribution in [0.4, 0.5) is 0 Å². The molecule has 0 saturated carbocycles. The van der Waals surface area contributed by atoms with Crippen LogP contribution in [0.3, 0.4) is 0 Å². The number of carboxylic acid groups (broad SMARTS) is 2. The van der Waals surface area contributed by atoms with Gasteiger partial charge >= 0.3 is 11.9 Å². The lowest BCUT2D eigenvalue weighted by Gasteiger charge is -2.28. The molecule has 0 bridgehead atoms. The topological polar surface area (TPSA) is 208 Å². The minimum Gasteiger partial charge on any atom is -0.481 e. The van der Waals surface area contributed by atoms with Crippen molar-refractivity contribution in [1.29, 1.82) is 0 Å². The molecule has 184 valence electrons. The third-order valence-electron chi connectivity index (χ3n) is 4.95. The minimum atomic E-state index is -1.67. The third-order valence-corrected chi connectivity index (χ3v) is 4.95. The number of nitrogens with two attached hydrogens (primary N) is 1. The SMILES string of the molecule is CCC(C)C(NC(=O)C(N)C(C)O)C(=O)NC(CC(C)C)C(=O)NC(CC(=O)O)C(=O)O. The molecule has 0 radical (unpaired) electrons. The van der Waals surface area contributed by atoms with Gasteiger partial charge in [0.15, 0.2) is 0 Å². The zero-order chi connectivity index (χ0) is 25.2. The summed E-state index contributed by atoms with van der Waals surface area (Å²) in [6.45, 7) is 8.42. The van der Waals surface area contributed by atoms with Crippen molar-refractivity contribution < 1.29 is 39.3 Å². The monoisotopic (exact) mass is 460 g/mol. The number of amides is 3. The van der Waals surface area contributed by atoms with E-state index in [0.717, 1.165) is 0 Å². The van der Waals surface area contributed by atoms with Crippen LogP contribution in [0.2, 0.25) is 0 Å². The summed E-state index contributed by atoms with van der Waals surface area (Å²) in [4.78, 5) is 60.0. The van der Waals surface area contributed by atoms with Crippen LogP contribution in [0.1, 0.15) is 53.9 Å². The van der Waals surface area contributed by atoms with Crippen molar-refractivity contribution in [2.24, 2.45) is 17.6 Å². The summed E-state index contributed by atoms with van der Waals surface area (Å²) in [6, 6.07) is -5.14. The molecule has 6 atom stereocenters. The number of hydrogen-bond acceptors (Lipinski definition) is 7. The van der Waals surface area contributed by atoms with E-state index in [2.05, 4.69) is 16.0 Å². The number of aliphatic carboxylic acids is 2. The highest BCUT2D eigenvalue weighted by Crippen LogP contribution is 2.11. The molecule has 6 unspecified atom stereocenters. The fourth-order valence-corrected chi connectivity index (χ4v) is 2.78. The normalized spacial score (nSPS) is 16.8. The lowest BCUT2D eigenvalue weighted by molar-refractivity contribution is -0.147. The van der Waals surface area contributed by atoms with E-state index in [9.17, 15) is 29.1 Å². The van der Waals surface area contributed by atoms with E-state index in [1.54, 1.807) is 27.7 Å². The van der Waals surface area contributed by atoms with Gasteiger partial charge in [0.05, 0.1) is 12.5 Å². The van der Waals surface area contributed by atoms with Gasteiger partial charge in [-0.3, -0.25) is 19.2 Å². The summed E-state index contributed by atoms with van der Waals surface area (Å²) in [5, 5.41) is 34.7. The average Bonchev–Trinajstić information content (AvgIpc) is 2.68. The molecule has 0 aromatic rings. The predicted molar refractivity (Wildman–Crippen MR) is 114 cm³/mol. The molecule has 8 N–H and O–H groups in total. The highest BCUT2D eigenvalue weighted by Gasteiger charge is 2.33. The summed E-state index contributed by atoms with van der Waals surface area (Å²) in [5.74, 6) is -5.62. The number of hydrogen-bond donors (Lipinski definition) is 7. The van der Waals surface area contributed by atoms with Crippen molar-refractivity contribution in [3.05, 3.63) is 0 Å². The predicted octanol–water partition coefficient (Wildman–Crippen LogP) is -1.20. The van der Waals surface area contributed by atoms with Crippen LogP contribution in [0.5, 0.6) is 0 Å². The molecule has 12 heteroatoms. The number of rotatable bonds is 14. The van der Waals surface area contributed by atoms with E-state index in [1.165, 1.54) is 6.92 Å². The maximum atomic E-state index is 12.9. The first kappa shape index (κ1) is 29.3.